The van der Waals surface area contributed by atoms with E-state index in [-0.39, 0.29) is 5.78 Å². The maximum atomic E-state index is 12.2. The number of rotatable bonds is 3. The average Bonchev–Trinajstić information content (AvgIpc) is 2.63. The minimum absolute atomic E-state index is 0.164. The number of imidazole rings is 1. The number of benzene rings is 1. The molecule has 0 aliphatic carbocycles. The van der Waals surface area contributed by atoms with Crippen molar-refractivity contribution in [3.63, 3.8) is 0 Å². The van der Waals surface area contributed by atoms with Crippen LogP contribution in [0, 0.1) is 13.8 Å². The Labute approximate surface area is 101 Å². The van der Waals surface area contributed by atoms with Crippen molar-refractivity contribution in [2.24, 2.45) is 7.05 Å². The second-order valence-corrected chi connectivity index (χ2v) is 4.44. The van der Waals surface area contributed by atoms with Crippen LogP contribution in [-0.2, 0) is 13.6 Å². The normalized spacial score (nSPS) is 10.5. The lowest BCUT2D eigenvalue weighted by molar-refractivity contribution is -0.671. The molecule has 0 fully saturated rings. The van der Waals surface area contributed by atoms with Gasteiger partial charge in [0.05, 0.1) is 7.05 Å². The van der Waals surface area contributed by atoms with Crippen LogP contribution in [0.5, 0.6) is 0 Å². The summed E-state index contributed by atoms with van der Waals surface area (Å²) in [6.45, 7) is 4.36. The van der Waals surface area contributed by atoms with Crippen LogP contribution < -0.4 is 4.57 Å². The molecule has 0 aliphatic rings. The Hall–Kier alpha value is -1.90. The van der Waals surface area contributed by atoms with Crippen molar-refractivity contribution in [2.45, 2.75) is 20.4 Å². The van der Waals surface area contributed by atoms with Crippen LogP contribution in [0.1, 0.15) is 21.5 Å². The van der Waals surface area contributed by atoms with Crippen molar-refractivity contribution in [1.82, 2.24) is 4.57 Å². The molecule has 0 radical (unpaired) electrons. The number of aromatic nitrogens is 2. The molecule has 0 atom stereocenters. The maximum absolute atomic E-state index is 12.2. The van der Waals surface area contributed by atoms with Gasteiger partial charge in [-0.25, -0.2) is 9.13 Å². The van der Waals surface area contributed by atoms with Gasteiger partial charge in [0.1, 0.15) is 12.4 Å². The van der Waals surface area contributed by atoms with Gasteiger partial charge < -0.3 is 0 Å². The highest BCUT2D eigenvalue weighted by atomic mass is 16.1. The minimum Gasteiger partial charge on any atom is -0.290 e. The van der Waals surface area contributed by atoms with Crippen LogP contribution in [0.25, 0.3) is 0 Å². The molecule has 0 saturated carbocycles. The lowest BCUT2D eigenvalue weighted by Crippen LogP contribution is -2.24. The fourth-order valence-corrected chi connectivity index (χ4v) is 2.09. The van der Waals surface area contributed by atoms with Crippen LogP contribution in [-0.4, -0.2) is 10.4 Å². The number of carbonyl (C=O) groups is 1. The van der Waals surface area contributed by atoms with Crippen molar-refractivity contribution >= 4 is 5.78 Å². The van der Waals surface area contributed by atoms with Crippen molar-refractivity contribution in [1.29, 1.82) is 0 Å². The molecule has 17 heavy (non-hydrogen) atoms. The summed E-state index contributed by atoms with van der Waals surface area (Å²) in [6.07, 6.45) is 5.75. The van der Waals surface area contributed by atoms with Gasteiger partial charge in [-0.15, -0.1) is 0 Å². The van der Waals surface area contributed by atoms with E-state index in [0.717, 1.165) is 16.7 Å². The second-order valence-electron chi connectivity index (χ2n) is 4.44. The molecule has 0 unspecified atom stereocenters. The molecule has 2 aromatic rings. The highest BCUT2D eigenvalue weighted by Crippen LogP contribution is 2.14. The van der Waals surface area contributed by atoms with E-state index in [1.165, 1.54) is 0 Å². The molecule has 0 bridgehead atoms. The van der Waals surface area contributed by atoms with E-state index < -0.39 is 0 Å². The van der Waals surface area contributed by atoms with Crippen molar-refractivity contribution < 1.29 is 9.36 Å². The molecular formula is C14H17N2O+. The molecule has 0 aliphatic heterocycles. The van der Waals surface area contributed by atoms with E-state index in [9.17, 15) is 4.79 Å². The smallest absolute Gasteiger partial charge is 0.243 e. The van der Waals surface area contributed by atoms with Crippen LogP contribution in [0.15, 0.2) is 36.9 Å². The van der Waals surface area contributed by atoms with E-state index in [4.69, 9.17) is 0 Å². The van der Waals surface area contributed by atoms with Crippen molar-refractivity contribution in [2.75, 3.05) is 0 Å². The molecule has 0 N–H and O–H groups in total. The summed E-state index contributed by atoms with van der Waals surface area (Å²) < 4.78 is 3.83. The zero-order valence-electron chi connectivity index (χ0n) is 10.5. The molecule has 3 nitrogen and oxygen atoms in total. The topological polar surface area (TPSA) is 25.9 Å². The van der Waals surface area contributed by atoms with Gasteiger partial charge >= 0.3 is 0 Å². The number of aryl methyl sites for hydroxylation is 3. The van der Waals surface area contributed by atoms with Gasteiger partial charge in [0.15, 0.2) is 6.54 Å². The fraction of sp³-hybridized carbons (Fsp3) is 0.286. The summed E-state index contributed by atoms with van der Waals surface area (Å²) in [7, 11) is 1.94. The number of ketones is 1. The summed E-state index contributed by atoms with van der Waals surface area (Å²) in [4.78, 5) is 12.2. The fourth-order valence-electron chi connectivity index (χ4n) is 2.09. The number of hydrogen-bond acceptors (Lipinski definition) is 1. The summed E-state index contributed by atoms with van der Waals surface area (Å²) in [6, 6.07) is 5.95. The van der Waals surface area contributed by atoms with E-state index in [1.807, 2.05) is 66.9 Å². The molecule has 88 valence electrons. The molecule has 1 aromatic heterocycles. The molecule has 1 heterocycles. The van der Waals surface area contributed by atoms with Gasteiger partial charge in [0.2, 0.25) is 12.1 Å². The Morgan fingerprint density at radius 2 is 1.94 bits per heavy atom. The first kappa shape index (κ1) is 11.6. The Kier molecular flexibility index (Phi) is 3.09. The first-order valence-electron chi connectivity index (χ1n) is 5.68. The summed E-state index contributed by atoms with van der Waals surface area (Å²) >= 11 is 0. The van der Waals surface area contributed by atoms with E-state index in [1.54, 1.807) is 0 Å². The second kappa shape index (κ2) is 4.53. The third-order valence-corrected chi connectivity index (χ3v) is 2.91. The van der Waals surface area contributed by atoms with Crippen LogP contribution in [0.3, 0.4) is 0 Å². The number of hydrogen-bond donors (Lipinski definition) is 0. The largest absolute Gasteiger partial charge is 0.290 e. The lowest BCUT2D eigenvalue weighted by atomic mass is 9.99. The van der Waals surface area contributed by atoms with Crippen molar-refractivity contribution in [3.8, 4) is 0 Å². The monoisotopic (exact) mass is 229 g/mol. The molecule has 0 amide bonds. The van der Waals surface area contributed by atoms with E-state index in [2.05, 4.69) is 0 Å². The number of nitrogens with zero attached hydrogens (tertiary/aromatic N) is 2. The summed E-state index contributed by atoms with van der Waals surface area (Å²) in [5.74, 6) is 0.164. The predicted octanol–water partition coefficient (Wildman–Crippen LogP) is 1.81. The first-order valence-corrected chi connectivity index (χ1v) is 5.68. The summed E-state index contributed by atoms with van der Waals surface area (Å²) in [5.41, 5.74) is 2.95. The van der Waals surface area contributed by atoms with Gasteiger partial charge in [0, 0.05) is 5.56 Å². The zero-order chi connectivity index (χ0) is 12.4. The zero-order valence-corrected chi connectivity index (χ0v) is 10.5. The molecule has 3 heteroatoms. The minimum atomic E-state index is 0.164. The third kappa shape index (κ3) is 2.44. The van der Waals surface area contributed by atoms with Crippen LogP contribution >= 0.6 is 0 Å². The van der Waals surface area contributed by atoms with Gasteiger partial charge in [-0.2, -0.15) is 0 Å². The quantitative estimate of drug-likeness (QED) is 0.582. The Balaban J connectivity index is 2.26. The predicted molar refractivity (Wildman–Crippen MR) is 65.9 cm³/mol. The molecular weight excluding hydrogens is 212 g/mol. The number of Topliss-reactive ketones (excluding diaryl/α,β-unsaturated/α-hetero) is 1. The highest BCUT2D eigenvalue weighted by molar-refractivity contribution is 5.98. The summed E-state index contributed by atoms with van der Waals surface area (Å²) in [5, 5.41) is 0. The van der Waals surface area contributed by atoms with E-state index >= 15 is 0 Å². The SMILES string of the molecule is Cc1cccc(C)c1C(=O)Cn1cc[n+](C)c1. The van der Waals surface area contributed by atoms with E-state index in [0.29, 0.717) is 6.54 Å². The van der Waals surface area contributed by atoms with Crippen molar-refractivity contribution in [3.05, 3.63) is 53.6 Å². The molecule has 1 aromatic carbocycles. The maximum Gasteiger partial charge on any atom is 0.243 e. The Morgan fingerprint density at radius 1 is 1.29 bits per heavy atom. The average molecular weight is 229 g/mol. The first-order chi connectivity index (χ1) is 8.08. The highest BCUT2D eigenvalue weighted by Gasteiger charge is 2.14. The molecule has 0 spiro atoms. The molecule has 0 saturated heterocycles. The third-order valence-electron chi connectivity index (χ3n) is 2.91. The standard InChI is InChI=1S/C14H17N2O/c1-11-5-4-6-12(2)14(11)13(17)9-16-8-7-15(3)10-16/h4-8,10H,9H2,1-3H3/q+1. The Bertz CT molecular complexity index is 535. The van der Waals surface area contributed by atoms with Crippen LogP contribution in [0.2, 0.25) is 0 Å². The van der Waals surface area contributed by atoms with Crippen LogP contribution in [0.4, 0.5) is 0 Å². The lowest BCUT2D eigenvalue weighted by Gasteiger charge is -2.06. The van der Waals surface area contributed by atoms with Gasteiger partial charge in [-0.1, -0.05) is 18.2 Å². The van der Waals surface area contributed by atoms with Gasteiger partial charge in [-0.05, 0) is 25.0 Å². The number of carbonyl (C=O) groups excluding carboxylic acids is 1. The Morgan fingerprint density at radius 3 is 2.47 bits per heavy atom. The van der Waals surface area contributed by atoms with Gasteiger partial charge in [-0.3, -0.25) is 4.79 Å². The van der Waals surface area contributed by atoms with Gasteiger partial charge in [0.25, 0.3) is 0 Å². The molecule has 2 rings (SSSR count).